The Morgan fingerprint density at radius 1 is 1.05 bits per heavy atom. The van der Waals surface area contributed by atoms with Crippen molar-refractivity contribution in [2.24, 2.45) is 0 Å². The summed E-state index contributed by atoms with van der Waals surface area (Å²) in [6.07, 6.45) is 9.68. The molecule has 0 bridgehead atoms. The van der Waals surface area contributed by atoms with Gasteiger partial charge in [0.05, 0.1) is 0 Å². The average molecular weight is 292 g/mol. The van der Waals surface area contributed by atoms with Gasteiger partial charge in [0, 0.05) is 17.0 Å². The minimum atomic E-state index is 0.726. The quantitative estimate of drug-likeness (QED) is 0.790. The van der Waals surface area contributed by atoms with Crippen LogP contribution in [0.1, 0.15) is 57.4 Å². The van der Waals surface area contributed by atoms with Crippen LogP contribution in [-0.2, 0) is 5.75 Å². The van der Waals surface area contributed by atoms with E-state index in [4.69, 9.17) is 0 Å². The Hall–Kier alpha value is -0.470. The smallest absolute Gasteiger partial charge is 0.0204 e. The van der Waals surface area contributed by atoms with Crippen LogP contribution in [0.4, 0.5) is 0 Å². The second-order valence-electron chi connectivity index (χ2n) is 5.89. The van der Waals surface area contributed by atoms with E-state index in [-0.39, 0.29) is 0 Å². The van der Waals surface area contributed by atoms with Gasteiger partial charge in [-0.15, -0.1) is 0 Å². The summed E-state index contributed by atoms with van der Waals surface area (Å²) in [4.78, 5) is 0. The summed E-state index contributed by atoms with van der Waals surface area (Å²) >= 11 is 2.17. The summed E-state index contributed by atoms with van der Waals surface area (Å²) < 4.78 is 0. The summed E-state index contributed by atoms with van der Waals surface area (Å²) in [6, 6.07) is 11.6. The molecule has 0 heterocycles. The summed E-state index contributed by atoms with van der Waals surface area (Å²) in [5, 5.41) is 4.60. The third-order valence-corrected chi connectivity index (χ3v) is 5.66. The molecule has 1 nitrogen and oxygen atoms in total. The van der Waals surface area contributed by atoms with Crippen molar-refractivity contribution >= 4 is 11.8 Å². The molecule has 1 N–H and O–H groups in total. The van der Waals surface area contributed by atoms with E-state index in [0.717, 1.165) is 17.0 Å². The van der Waals surface area contributed by atoms with E-state index in [2.05, 4.69) is 54.3 Å². The van der Waals surface area contributed by atoms with Crippen LogP contribution >= 0.6 is 11.8 Å². The van der Waals surface area contributed by atoms with E-state index in [1.165, 1.54) is 57.1 Å². The average Bonchev–Trinajstić information content (AvgIpc) is 2.47. The number of hydrogen-bond acceptors (Lipinski definition) is 2. The Bertz CT molecular complexity index is 350. The molecule has 2 rings (SSSR count). The fourth-order valence-corrected chi connectivity index (χ4v) is 4.39. The maximum Gasteiger partial charge on any atom is 0.0204 e. The second-order valence-corrected chi connectivity index (χ2v) is 7.11. The molecule has 0 aliphatic heterocycles. The van der Waals surface area contributed by atoms with Gasteiger partial charge >= 0.3 is 0 Å². The predicted octanol–water partition coefficient (Wildman–Crippen LogP) is 5.01. The molecule has 1 aliphatic rings. The van der Waals surface area contributed by atoms with Gasteiger partial charge in [0.15, 0.2) is 0 Å². The van der Waals surface area contributed by atoms with Crippen LogP contribution in [-0.4, -0.2) is 17.8 Å². The molecule has 20 heavy (non-hydrogen) atoms. The molecule has 1 aromatic rings. The van der Waals surface area contributed by atoms with E-state index >= 15 is 0 Å². The Labute approximate surface area is 128 Å². The molecule has 0 saturated heterocycles. The van der Waals surface area contributed by atoms with Crippen molar-refractivity contribution in [3.8, 4) is 0 Å². The monoisotopic (exact) mass is 291 g/mol. The molecule has 1 aromatic carbocycles. The molecule has 0 radical (unpaired) electrons. The SMILES string of the molecule is CCCNC1CCCCCCC1SCc1ccccc1. The lowest BCUT2D eigenvalue weighted by molar-refractivity contribution is 0.400. The molecule has 112 valence electrons. The maximum atomic E-state index is 3.80. The van der Waals surface area contributed by atoms with Gasteiger partial charge in [-0.2, -0.15) is 11.8 Å². The summed E-state index contributed by atoms with van der Waals surface area (Å²) in [5.74, 6) is 1.16. The third kappa shape index (κ3) is 5.49. The van der Waals surface area contributed by atoms with Crippen molar-refractivity contribution in [3.63, 3.8) is 0 Å². The molecule has 2 unspecified atom stereocenters. The van der Waals surface area contributed by atoms with E-state index in [1.807, 2.05) is 0 Å². The maximum absolute atomic E-state index is 3.80. The molecule has 1 fully saturated rings. The minimum Gasteiger partial charge on any atom is -0.313 e. The Morgan fingerprint density at radius 3 is 2.55 bits per heavy atom. The van der Waals surface area contributed by atoms with Crippen LogP contribution in [0, 0.1) is 0 Å². The Balaban J connectivity index is 1.88. The van der Waals surface area contributed by atoms with Crippen LogP contribution in [0.25, 0.3) is 0 Å². The van der Waals surface area contributed by atoms with Gasteiger partial charge in [0.1, 0.15) is 0 Å². The van der Waals surface area contributed by atoms with Crippen molar-refractivity contribution in [2.75, 3.05) is 6.54 Å². The lowest BCUT2D eigenvalue weighted by Gasteiger charge is -2.30. The first kappa shape index (κ1) is 15.9. The molecule has 2 atom stereocenters. The molecule has 0 amide bonds. The van der Waals surface area contributed by atoms with Gasteiger partial charge in [0.2, 0.25) is 0 Å². The van der Waals surface area contributed by atoms with Gasteiger partial charge in [-0.1, -0.05) is 62.9 Å². The molecular formula is C18H29NS. The minimum absolute atomic E-state index is 0.726. The number of rotatable bonds is 6. The number of benzene rings is 1. The zero-order chi connectivity index (χ0) is 14.0. The standard InChI is InChI=1S/C18H29NS/c1-2-14-19-17-12-8-3-4-9-13-18(17)20-15-16-10-6-5-7-11-16/h5-7,10-11,17-19H,2-4,8-9,12-15H2,1H3. The topological polar surface area (TPSA) is 12.0 Å². The highest BCUT2D eigenvalue weighted by Gasteiger charge is 2.22. The second kappa shape index (κ2) is 9.46. The van der Waals surface area contributed by atoms with Crippen LogP contribution in [0.3, 0.4) is 0 Å². The number of thioether (sulfide) groups is 1. The Kier molecular flexibility index (Phi) is 7.53. The molecule has 2 heteroatoms. The van der Waals surface area contributed by atoms with Crippen LogP contribution in [0.5, 0.6) is 0 Å². The van der Waals surface area contributed by atoms with Crippen molar-refractivity contribution in [2.45, 2.75) is 68.9 Å². The van der Waals surface area contributed by atoms with Gasteiger partial charge in [-0.3, -0.25) is 0 Å². The van der Waals surface area contributed by atoms with Crippen molar-refractivity contribution in [3.05, 3.63) is 35.9 Å². The number of hydrogen-bond donors (Lipinski definition) is 1. The lowest BCUT2D eigenvalue weighted by atomic mass is 9.96. The fraction of sp³-hybridized carbons (Fsp3) is 0.667. The highest BCUT2D eigenvalue weighted by atomic mass is 32.2. The first-order chi connectivity index (χ1) is 9.90. The van der Waals surface area contributed by atoms with Gasteiger partial charge in [-0.05, 0) is 31.4 Å². The fourth-order valence-electron chi connectivity index (χ4n) is 2.99. The zero-order valence-corrected chi connectivity index (χ0v) is 13.6. The van der Waals surface area contributed by atoms with E-state index in [0.29, 0.717) is 0 Å². The highest BCUT2D eigenvalue weighted by molar-refractivity contribution is 7.99. The summed E-state index contributed by atoms with van der Waals surface area (Å²) in [6.45, 7) is 3.44. The van der Waals surface area contributed by atoms with Crippen LogP contribution < -0.4 is 5.32 Å². The molecular weight excluding hydrogens is 262 g/mol. The predicted molar refractivity (Wildman–Crippen MR) is 91.3 cm³/mol. The molecule has 0 spiro atoms. The number of nitrogens with one attached hydrogen (secondary N) is 1. The van der Waals surface area contributed by atoms with E-state index < -0.39 is 0 Å². The van der Waals surface area contributed by atoms with E-state index in [1.54, 1.807) is 0 Å². The molecule has 1 saturated carbocycles. The van der Waals surface area contributed by atoms with Crippen LogP contribution in [0.15, 0.2) is 30.3 Å². The van der Waals surface area contributed by atoms with Gasteiger partial charge < -0.3 is 5.32 Å². The molecule has 1 aliphatic carbocycles. The highest BCUT2D eigenvalue weighted by Crippen LogP contribution is 2.29. The molecule has 0 aromatic heterocycles. The van der Waals surface area contributed by atoms with E-state index in [9.17, 15) is 0 Å². The third-order valence-electron chi connectivity index (χ3n) is 4.17. The normalized spacial score (nSPS) is 24.1. The van der Waals surface area contributed by atoms with Gasteiger partial charge in [0.25, 0.3) is 0 Å². The first-order valence-electron chi connectivity index (χ1n) is 8.29. The van der Waals surface area contributed by atoms with Gasteiger partial charge in [-0.25, -0.2) is 0 Å². The van der Waals surface area contributed by atoms with Crippen molar-refractivity contribution in [1.29, 1.82) is 0 Å². The largest absolute Gasteiger partial charge is 0.313 e. The first-order valence-corrected chi connectivity index (χ1v) is 9.34. The van der Waals surface area contributed by atoms with Crippen LogP contribution in [0.2, 0.25) is 0 Å². The van der Waals surface area contributed by atoms with Crippen molar-refractivity contribution in [1.82, 2.24) is 5.32 Å². The summed E-state index contributed by atoms with van der Waals surface area (Å²) in [5.41, 5.74) is 1.47. The lowest BCUT2D eigenvalue weighted by Crippen LogP contribution is -2.39. The van der Waals surface area contributed by atoms with Crippen molar-refractivity contribution < 1.29 is 0 Å². The zero-order valence-electron chi connectivity index (χ0n) is 12.8. The summed E-state index contributed by atoms with van der Waals surface area (Å²) in [7, 11) is 0. The Morgan fingerprint density at radius 2 is 1.80 bits per heavy atom.